The summed E-state index contributed by atoms with van der Waals surface area (Å²) in [5.41, 5.74) is 0. The number of hydrogen-bond acceptors (Lipinski definition) is 18. The summed E-state index contributed by atoms with van der Waals surface area (Å²) < 4.78 is 36.5. The molecule has 22 nitrogen and oxygen atoms in total. The lowest BCUT2D eigenvalue weighted by Gasteiger charge is -2.45. The molecule has 1 aliphatic rings. The van der Waals surface area contributed by atoms with Crippen LogP contribution in [-0.4, -0.2) is 203 Å². The van der Waals surface area contributed by atoms with Gasteiger partial charge in [0.2, 0.25) is 0 Å². The Kier molecular flexibility index (Phi) is 29.1. The summed E-state index contributed by atoms with van der Waals surface area (Å²) in [6.45, 7) is -0.0766. The van der Waals surface area contributed by atoms with Crippen molar-refractivity contribution in [1.29, 1.82) is 0 Å². The van der Waals surface area contributed by atoms with E-state index in [9.17, 15) is 58.8 Å². The van der Waals surface area contributed by atoms with Gasteiger partial charge in [0, 0.05) is 33.5 Å². The van der Waals surface area contributed by atoms with Crippen LogP contribution in [0.4, 0.5) is 0 Å². The lowest BCUT2D eigenvalue weighted by molar-refractivity contribution is -0.318. The average molecular weight is 955 g/mol. The summed E-state index contributed by atoms with van der Waals surface area (Å²) in [4.78, 5) is 90.4. The first kappa shape index (κ1) is 55.9. The highest BCUT2D eigenvalue weighted by molar-refractivity contribution is 8.01. The molecular weight excluding hydrogens is 901 g/mol. The van der Waals surface area contributed by atoms with Crippen LogP contribution in [0, 0.1) is 0 Å². The van der Waals surface area contributed by atoms with Gasteiger partial charge in [-0.2, -0.15) is 0 Å². The minimum absolute atomic E-state index is 0.00689. The normalized spacial score (nSPS) is 20.8. The Hall–Kier alpha value is -3.08. The van der Waals surface area contributed by atoms with Crippen LogP contribution in [0.15, 0.2) is 0 Å². The molecule has 1 heterocycles. The zero-order valence-electron chi connectivity index (χ0n) is 33.1. The fourth-order valence-corrected chi connectivity index (χ4v) is 9.26. The third-order valence-corrected chi connectivity index (χ3v) is 13.3. The van der Waals surface area contributed by atoms with Crippen molar-refractivity contribution in [2.75, 3.05) is 63.2 Å². The predicted molar refractivity (Wildman–Crippen MR) is 219 cm³/mol. The zero-order valence-corrected chi connectivity index (χ0v) is 36.4. The van der Waals surface area contributed by atoms with E-state index in [0.29, 0.717) is 6.42 Å². The van der Waals surface area contributed by atoms with Crippen LogP contribution in [-0.2, 0) is 66.8 Å². The van der Waals surface area contributed by atoms with Gasteiger partial charge in [0.15, 0.2) is 6.29 Å². The molecule has 0 aromatic heterocycles. The fraction of sp³-hybridized carbons (Fsp3) is 0.771. The van der Waals surface area contributed by atoms with Crippen molar-refractivity contribution in [3.05, 3.63) is 0 Å². The molecule has 8 N–H and O–H groups in total. The second-order valence-corrected chi connectivity index (χ2v) is 18.2. The van der Waals surface area contributed by atoms with Crippen LogP contribution in [0.25, 0.3) is 0 Å². The first-order valence-corrected chi connectivity index (χ1v) is 22.9. The molecule has 0 amide bonds. The molecule has 1 saturated heterocycles. The lowest BCUT2D eigenvalue weighted by Crippen LogP contribution is -2.62. The molecule has 1 rings (SSSR count). The number of carbonyl (C=O) groups is 8. The highest BCUT2D eigenvalue weighted by atomic mass is 32.2. The van der Waals surface area contributed by atoms with Crippen molar-refractivity contribution >= 4 is 94.8 Å². The second kappa shape index (κ2) is 31.7. The van der Waals surface area contributed by atoms with E-state index in [1.165, 1.54) is 7.11 Å². The summed E-state index contributed by atoms with van der Waals surface area (Å²) in [5, 5.41) is 69.0. The van der Waals surface area contributed by atoms with Crippen LogP contribution < -0.4 is 0 Å². The van der Waals surface area contributed by atoms with Gasteiger partial charge >= 0.3 is 47.8 Å². The van der Waals surface area contributed by atoms with Gasteiger partial charge in [0.05, 0.1) is 32.3 Å². The lowest BCUT2D eigenvalue weighted by atomic mass is 9.98. The Morgan fingerprint density at radius 1 is 0.475 bits per heavy atom. The van der Waals surface area contributed by atoms with Gasteiger partial charge < -0.3 is 69.3 Å². The van der Waals surface area contributed by atoms with Crippen molar-refractivity contribution in [1.82, 2.24) is 0 Å². The maximum absolute atomic E-state index is 11.6. The number of carboxylic acids is 8. The Morgan fingerprint density at radius 3 is 1.10 bits per heavy atom. The quantitative estimate of drug-likeness (QED) is 0.0409. The summed E-state index contributed by atoms with van der Waals surface area (Å²) in [7, 11) is 1.34. The number of methoxy groups -OCH3 is 1. The highest BCUT2D eigenvalue weighted by Crippen LogP contribution is 2.31. The molecule has 61 heavy (non-hydrogen) atoms. The van der Waals surface area contributed by atoms with E-state index in [0.717, 1.165) is 47.0 Å². The van der Waals surface area contributed by atoms with Crippen LogP contribution in [0.5, 0.6) is 0 Å². The first-order chi connectivity index (χ1) is 28.9. The Morgan fingerprint density at radius 2 is 0.787 bits per heavy atom. The summed E-state index contributed by atoms with van der Waals surface area (Å²) in [6.07, 6.45) is -6.31. The third kappa shape index (κ3) is 24.4. The SMILES string of the molecule is CO[C@@H]1O[C@H](COCCCSC(CC(=O)O)C(=O)O)[C@@H](OCCCSC(CC(=O)O)C(=O)O)[C@H](OCCCSC(CC(=O)O)C(=O)O)[C@H]1OCCCSC(CC(=O)O)C(=O)O. The third-order valence-electron chi connectivity index (χ3n) is 8.15. The molecule has 4 unspecified atom stereocenters. The Labute approximate surface area is 367 Å². The topological polar surface area (TPSA) is 354 Å². The van der Waals surface area contributed by atoms with E-state index >= 15 is 0 Å². The van der Waals surface area contributed by atoms with Gasteiger partial charge in [-0.15, -0.1) is 47.0 Å². The van der Waals surface area contributed by atoms with Crippen molar-refractivity contribution in [2.24, 2.45) is 0 Å². The number of carboxylic acid groups (broad SMARTS) is 8. The number of thioether (sulfide) groups is 4. The summed E-state index contributed by atoms with van der Waals surface area (Å²) >= 11 is 3.69. The van der Waals surface area contributed by atoms with Crippen LogP contribution in [0.3, 0.4) is 0 Å². The van der Waals surface area contributed by atoms with Gasteiger partial charge in [-0.05, 0) is 48.7 Å². The molecule has 9 atom stereocenters. The summed E-state index contributed by atoms with van der Waals surface area (Å²) in [5.74, 6) is -9.39. The zero-order chi connectivity index (χ0) is 45.9. The van der Waals surface area contributed by atoms with E-state index in [2.05, 4.69) is 0 Å². The number of hydrogen-bond donors (Lipinski definition) is 8. The maximum Gasteiger partial charge on any atom is 0.317 e. The van der Waals surface area contributed by atoms with Gasteiger partial charge in [-0.25, -0.2) is 0 Å². The molecule has 0 aromatic rings. The fourth-order valence-electron chi connectivity index (χ4n) is 5.37. The van der Waals surface area contributed by atoms with Crippen molar-refractivity contribution in [3.63, 3.8) is 0 Å². The number of ether oxygens (including phenoxy) is 6. The van der Waals surface area contributed by atoms with E-state index in [-0.39, 0.29) is 75.3 Å². The van der Waals surface area contributed by atoms with Gasteiger partial charge in [-0.1, -0.05) is 0 Å². The van der Waals surface area contributed by atoms with Gasteiger partial charge in [0.1, 0.15) is 45.4 Å². The monoisotopic (exact) mass is 954 g/mol. The first-order valence-electron chi connectivity index (χ1n) is 18.7. The standard InChI is InChI=1S/C35H54O22S4/c1-52-35-30(56-9-5-13-61-23(34(50)51)17-27(42)43)29(55-8-4-12-60-22(33(48)49)16-26(40)41)28(54-7-3-11-59-21(32(46)47)15-25(38)39)19(57-35)18-53-6-2-10-58-20(31(44)45)14-24(36)37/h19-23,28-30,35H,2-18H2,1H3,(H,36,37)(H,38,39)(H,40,41)(H,42,43)(H,44,45)(H,46,47)(H,48,49)(H,50,51)/t19-,20?,21?,22?,23?,28-,29+,30-,35-/m1/s1. The molecule has 26 heteroatoms. The van der Waals surface area contributed by atoms with E-state index < -0.39 is 125 Å². The van der Waals surface area contributed by atoms with E-state index in [4.69, 9.17) is 48.8 Å². The molecule has 0 aromatic carbocycles. The molecule has 0 bridgehead atoms. The van der Waals surface area contributed by atoms with Gasteiger partial charge in [0.25, 0.3) is 0 Å². The smallest absolute Gasteiger partial charge is 0.317 e. The minimum atomic E-state index is -1.29. The molecule has 0 radical (unpaired) electrons. The van der Waals surface area contributed by atoms with Crippen molar-refractivity contribution in [3.8, 4) is 0 Å². The molecule has 350 valence electrons. The highest BCUT2D eigenvalue weighted by Gasteiger charge is 2.48. The maximum atomic E-state index is 11.6. The number of rotatable bonds is 38. The van der Waals surface area contributed by atoms with Crippen LogP contribution >= 0.6 is 47.0 Å². The second-order valence-electron chi connectivity index (χ2n) is 13.0. The number of aliphatic carboxylic acids is 8. The Bertz CT molecular complexity index is 1410. The molecule has 0 aliphatic carbocycles. The molecule has 1 fully saturated rings. The van der Waals surface area contributed by atoms with Crippen LogP contribution in [0.1, 0.15) is 51.4 Å². The predicted octanol–water partition coefficient (Wildman–Crippen LogP) is 1.73. The van der Waals surface area contributed by atoms with E-state index in [1.54, 1.807) is 0 Å². The molecular formula is C35H54O22S4. The molecule has 0 spiro atoms. The molecule has 0 saturated carbocycles. The minimum Gasteiger partial charge on any atom is -0.481 e. The van der Waals surface area contributed by atoms with E-state index in [1.807, 2.05) is 0 Å². The Balaban J connectivity index is 3.25. The largest absolute Gasteiger partial charge is 0.481 e. The van der Waals surface area contributed by atoms with Crippen molar-refractivity contribution in [2.45, 2.75) is 103 Å². The summed E-state index contributed by atoms with van der Waals surface area (Å²) in [6, 6.07) is 0. The van der Waals surface area contributed by atoms with Gasteiger partial charge in [-0.3, -0.25) is 38.4 Å². The molecule has 1 aliphatic heterocycles. The van der Waals surface area contributed by atoms with Crippen molar-refractivity contribution < 1.29 is 108 Å². The van der Waals surface area contributed by atoms with Crippen LogP contribution in [0.2, 0.25) is 0 Å². The average Bonchev–Trinajstić information content (AvgIpc) is 3.16.